The molecular weight excluding hydrogens is 240 g/mol. The third-order valence-corrected chi connectivity index (χ3v) is 4.35. The molecule has 6 nitrogen and oxygen atoms in total. The van der Waals surface area contributed by atoms with E-state index in [2.05, 4.69) is 33.4 Å². The van der Waals surface area contributed by atoms with Crippen molar-refractivity contribution in [2.45, 2.75) is 32.0 Å². The maximum absolute atomic E-state index is 5.82. The maximum Gasteiger partial charge on any atom is 0.0658 e. The van der Waals surface area contributed by atoms with Gasteiger partial charge in [0.05, 0.1) is 12.2 Å². The second-order valence-electron chi connectivity index (χ2n) is 5.59. The van der Waals surface area contributed by atoms with E-state index in [1.54, 1.807) is 0 Å². The first kappa shape index (κ1) is 13.1. The van der Waals surface area contributed by atoms with Crippen LogP contribution in [0, 0.1) is 0 Å². The monoisotopic (exact) mass is 264 g/mol. The lowest BCUT2D eigenvalue weighted by atomic mass is 9.96. The summed E-state index contributed by atoms with van der Waals surface area (Å²) in [6.45, 7) is 8.95. The fourth-order valence-corrected chi connectivity index (χ4v) is 3.29. The molecule has 2 bridgehead atoms. The molecule has 19 heavy (non-hydrogen) atoms. The van der Waals surface area contributed by atoms with Crippen LogP contribution in [-0.2, 0) is 6.54 Å². The van der Waals surface area contributed by atoms with E-state index in [0.717, 1.165) is 32.6 Å². The summed E-state index contributed by atoms with van der Waals surface area (Å²) >= 11 is 0. The number of hydrogen-bond acceptors (Lipinski definition) is 5. The standard InChI is InChI=1S/C13H24N6/c1-2-3-19-9-11(8-15-19)13(16-14)12-10-17-4-6-18(12)7-5-17/h8-9,12-13,16H,2-7,10,14H2,1H3. The van der Waals surface area contributed by atoms with Crippen molar-refractivity contribution in [2.75, 3.05) is 32.7 Å². The van der Waals surface area contributed by atoms with Crippen molar-refractivity contribution < 1.29 is 0 Å². The van der Waals surface area contributed by atoms with Gasteiger partial charge < -0.3 is 0 Å². The summed E-state index contributed by atoms with van der Waals surface area (Å²) in [6, 6.07) is 0.639. The number of hydrazine groups is 1. The summed E-state index contributed by atoms with van der Waals surface area (Å²) in [5, 5.41) is 4.42. The lowest BCUT2D eigenvalue weighted by Gasteiger charge is -2.49. The fraction of sp³-hybridized carbons (Fsp3) is 0.769. The minimum absolute atomic E-state index is 0.175. The van der Waals surface area contributed by atoms with Crippen LogP contribution >= 0.6 is 0 Å². The van der Waals surface area contributed by atoms with Crippen molar-refractivity contribution in [2.24, 2.45) is 5.84 Å². The molecule has 2 atom stereocenters. The maximum atomic E-state index is 5.82. The molecule has 0 spiro atoms. The Kier molecular flexibility index (Phi) is 3.83. The normalized spacial score (nSPS) is 31.6. The number of aryl methyl sites for hydroxylation is 1. The van der Waals surface area contributed by atoms with E-state index in [9.17, 15) is 0 Å². The van der Waals surface area contributed by atoms with Crippen LogP contribution in [0.3, 0.4) is 0 Å². The van der Waals surface area contributed by atoms with Gasteiger partial charge in [0, 0.05) is 57.1 Å². The molecule has 1 aromatic rings. The topological polar surface area (TPSA) is 62.4 Å². The highest BCUT2D eigenvalue weighted by molar-refractivity contribution is 5.15. The summed E-state index contributed by atoms with van der Waals surface area (Å²) in [6.07, 6.45) is 5.19. The Hall–Kier alpha value is -0.950. The summed E-state index contributed by atoms with van der Waals surface area (Å²) < 4.78 is 2.01. The molecule has 4 rings (SSSR count). The average molecular weight is 264 g/mol. The summed E-state index contributed by atoms with van der Waals surface area (Å²) in [5.74, 6) is 5.82. The van der Waals surface area contributed by atoms with Gasteiger partial charge in [0.2, 0.25) is 0 Å². The van der Waals surface area contributed by atoms with Gasteiger partial charge in [-0.25, -0.2) is 0 Å². The third-order valence-electron chi connectivity index (χ3n) is 4.35. The largest absolute Gasteiger partial charge is 0.299 e. The quantitative estimate of drug-likeness (QED) is 0.569. The molecular formula is C13H24N6. The van der Waals surface area contributed by atoms with E-state index >= 15 is 0 Å². The second-order valence-corrected chi connectivity index (χ2v) is 5.59. The fourth-order valence-electron chi connectivity index (χ4n) is 3.29. The molecule has 0 saturated carbocycles. The number of nitrogens with zero attached hydrogens (tertiary/aromatic N) is 4. The Labute approximate surface area is 114 Å². The van der Waals surface area contributed by atoms with E-state index in [1.165, 1.54) is 18.7 Å². The predicted octanol–water partition coefficient (Wildman–Crippen LogP) is -0.203. The highest BCUT2D eigenvalue weighted by atomic mass is 15.4. The molecule has 3 aliphatic heterocycles. The zero-order valence-corrected chi connectivity index (χ0v) is 11.6. The molecule has 4 heterocycles. The molecule has 0 amide bonds. The molecule has 3 saturated heterocycles. The molecule has 1 aromatic heterocycles. The first-order valence-corrected chi connectivity index (χ1v) is 7.26. The smallest absolute Gasteiger partial charge is 0.0658 e. The summed E-state index contributed by atoms with van der Waals surface area (Å²) in [5.41, 5.74) is 4.21. The van der Waals surface area contributed by atoms with Crippen LogP contribution in [0.5, 0.6) is 0 Å². The van der Waals surface area contributed by atoms with Crippen molar-refractivity contribution in [3.63, 3.8) is 0 Å². The molecule has 6 heteroatoms. The predicted molar refractivity (Wildman–Crippen MR) is 74.4 cm³/mol. The van der Waals surface area contributed by atoms with Gasteiger partial charge in [-0.1, -0.05) is 6.92 Å². The van der Waals surface area contributed by atoms with E-state index in [4.69, 9.17) is 5.84 Å². The van der Waals surface area contributed by atoms with Crippen molar-refractivity contribution >= 4 is 0 Å². The molecule has 106 valence electrons. The Morgan fingerprint density at radius 1 is 1.42 bits per heavy atom. The van der Waals surface area contributed by atoms with Gasteiger partial charge in [-0.15, -0.1) is 0 Å². The third kappa shape index (κ3) is 2.53. The van der Waals surface area contributed by atoms with Crippen LogP contribution in [0.25, 0.3) is 0 Å². The van der Waals surface area contributed by atoms with Crippen molar-refractivity contribution in [1.29, 1.82) is 0 Å². The first-order chi connectivity index (χ1) is 9.31. The number of rotatable bonds is 5. The molecule has 2 unspecified atom stereocenters. The van der Waals surface area contributed by atoms with E-state index in [1.807, 2.05) is 10.9 Å². The van der Waals surface area contributed by atoms with Gasteiger partial charge in [-0.3, -0.25) is 25.8 Å². The molecule has 3 fully saturated rings. The van der Waals surface area contributed by atoms with Crippen LogP contribution in [0.1, 0.15) is 24.9 Å². The Morgan fingerprint density at radius 3 is 2.79 bits per heavy atom. The minimum atomic E-state index is 0.175. The highest BCUT2D eigenvalue weighted by Crippen LogP contribution is 2.26. The molecule has 0 radical (unpaired) electrons. The number of hydrogen-bond donors (Lipinski definition) is 2. The zero-order valence-electron chi connectivity index (χ0n) is 11.6. The Balaban J connectivity index is 1.75. The lowest BCUT2D eigenvalue weighted by molar-refractivity contribution is -0.00370. The molecule has 3 N–H and O–H groups in total. The highest BCUT2D eigenvalue weighted by Gasteiger charge is 2.37. The lowest BCUT2D eigenvalue weighted by Crippen LogP contribution is -2.64. The van der Waals surface area contributed by atoms with Crippen LogP contribution in [0.2, 0.25) is 0 Å². The van der Waals surface area contributed by atoms with Gasteiger partial charge >= 0.3 is 0 Å². The summed E-state index contributed by atoms with van der Waals surface area (Å²) in [7, 11) is 0. The number of piperazine rings is 3. The Morgan fingerprint density at radius 2 is 2.21 bits per heavy atom. The van der Waals surface area contributed by atoms with Crippen LogP contribution < -0.4 is 11.3 Å². The van der Waals surface area contributed by atoms with Crippen molar-refractivity contribution in [1.82, 2.24) is 25.0 Å². The van der Waals surface area contributed by atoms with Gasteiger partial charge in [0.1, 0.15) is 0 Å². The molecule has 0 aliphatic carbocycles. The van der Waals surface area contributed by atoms with Gasteiger partial charge in [0.25, 0.3) is 0 Å². The molecule has 0 aromatic carbocycles. The number of aromatic nitrogens is 2. The average Bonchev–Trinajstić information content (AvgIpc) is 2.90. The first-order valence-electron chi connectivity index (χ1n) is 7.26. The SMILES string of the molecule is CCCn1cc(C(NN)C2CN3CCN2CC3)cn1. The van der Waals surface area contributed by atoms with E-state index in [-0.39, 0.29) is 6.04 Å². The van der Waals surface area contributed by atoms with E-state index in [0.29, 0.717) is 6.04 Å². The Bertz CT molecular complexity index is 409. The minimum Gasteiger partial charge on any atom is -0.299 e. The number of fused-ring (bicyclic) bond motifs is 3. The van der Waals surface area contributed by atoms with Crippen molar-refractivity contribution in [3.05, 3.63) is 18.0 Å². The van der Waals surface area contributed by atoms with Gasteiger partial charge in [-0.05, 0) is 6.42 Å². The van der Waals surface area contributed by atoms with Crippen LogP contribution in [0.4, 0.5) is 0 Å². The van der Waals surface area contributed by atoms with Gasteiger partial charge in [-0.2, -0.15) is 5.10 Å². The van der Waals surface area contributed by atoms with Gasteiger partial charge in [0.15, 0.2) is 0 Å². The second kappa shape index (κ2) is 5.58. The van der Waals surface area contributed by atoms with E-state index < -0.39 is 0 Å². The van der Waals surface area contributed by atoms with Crippen LogP contribution in [-0.4, -0.2) is 58.3 Å². The number of nitrogens with one attached hydrogen (secondary N) is 1. The number of nitrogens with two attached hydrogens (primary N) is 1. The molecule has 3 aliphatic rings. The van der Waals surface area contributed by atoms with Crippen molar-refractivity contribution in [3.8, 4) is 0 Å². The summed E-state index contributed by atoms with van der Waals surface area (Å²) in [4.78, 5) is 5.09. The zero-order chi connectivity index (χ0) is 13.2. The van der Waals surface area contributed by atoms with Crippen LogP contribution in [0.15, 0.2) is 12.4 Å².